The number of hydrogen-bond acceptors (Lipinski definition) is 4. The van der Waals surface area contributed by atoms with Gasteiger partial charge >= 0.3 is 0 Å². The van der Waals surface area contributed by atoms with Crippen molar-refractivity contribution in [3.63, 3.8) is 0 Å². The first-order chi connectivity index (χ1) is 12.3. The van der Waals surface area contributed by atoms with Gasteiger partial charge in [-0.2, -0.15) is 0 Å². The third-order valence-electron chi connectivity index (χ3n) is 3.51. The Balaban J connectivity index is 1.78. The van der Waals surface area contributed by atoms with Crippen LogP contribution in [0.3, 0.4) is 0 Å². The predicted molar refractivity (Wildman–Crippen MR) is 100 cm³/mol. The Labute approximate surface area is 160 Å². The number of nitro groups is 1. The van der Waals surface area contributed by atoms with Crippen LogP contribution in [0.1, 0.15) is 0 Å². The molecule has 7 nitrogen and oxygen atoms in total. The molecule has 0 fully saturated rings. The van der Waals surface area contributed by atoms with Gasteiger partial charge in [0.15, 0.2) is 6.54 Å². The van der Waals surface area contributed by atoms with Gasteiger partial charge < -0.3 is 15.0 Å². The molecule has 1 atom stereocenters. The van der Waals surface area contributed by atoms with Crippen LogP contribution in [0.15, 0.2) is 42.5 Å². The largest absolute Gasteiger partial charge is 0.488 e. The second kappa shape index (κ2) is 9.38. The molecule has 2 aromatic rings. The van der Waals surface area contributed by atoms with E-state index in [1.54, 1.807) is 24.3 Å². The third kappa shape index (κ3) is 6.18. The molecule has 0 radical (unpaired) electrons. The maximum atomic E-state index is 12.1. The van der Waals surface area contributed by atoms with Gasteiger partial charge in [0.2, 0.25) is 0 Å². The molecule has 0 aliphatic carbocycles. The minimum atomic E-state index is -0.546. The molecule has 0 aliphatic rings. The number of anilines is 1. The zero-order chi connectivity index (χ0) is 19.1. The van der Waals surface area contributed by atoms with E-state index >= 15 is 0 Å². The molecule has 1 amide bonds. The summed E-state index contributed by atoms with van der Waals surface area (Å²) in [6.45, 7) is 1.26. The summed E-state index contributed by atoms with van der Waals surface area (Å²) in [6, 6.07) is 11.0. The molecule has 0 spiro atoms. The summed E-state index contributed by atoms with van der Waals surface area (Å²) in [4.78, 5) is 23.2. The molecule has 0 saturated heterocycles. The van der Waals surface area contributed by atoms with Crippen molar-refractivity contribution in [1.82, 2.24) is 0 Å². The number of hydrogen-bond donors (Lipinski definition) is 2. The Kier molecular flexibility index (Phi) is 7.20. The van der Waals surface area contributed by atoms with Crippen LogP contribution in [0.25, 0.3) is 0 Å². The van der Waals surface area contributed by atoms with E-state index in [1.165, 1.54) is 18.2 Å². The third-order valence-corrected chi connectivity index (χ3v) is 4.08. The standard InChI is InChI=1S/C17H17Cl2N3O4/c1-21(8-9-26-14-5-2-12(18)3-6-14)11-17(23)20-16-7-4-13(22(24)25)10-15(16)19/h2-7,10H,8-9,11H2,1H3,(H,20,23)/p+1. The van der Waals surface area contributed by atoms with Crippen LogP contribution < -0.4 is 15.0 Å². The smallest absolute Gasteiger partial charge is 0.279 e. The monoisotopic (exact) mass is 398 g/mol. The summed E-state index contributed by atoms with van der Waals surface area (Å²) in [6.07, 6.45) is 0. The fourth-order valence-corrected chi connectivity index (χ4v) is 2.50. The van der Waals surface area contributed by atoms with E-state index in [0.29, 0.717) is 29.6 Å². The molecule has 0 aromatic heterocycles. The number of quaternary nitrogens is 1. The quantitative estimate of drug-likeness (QED) is 0.528. The Morgan fingerprint density at radius 1 is 1.23 bits per heavy atom. The predicted octanol–water partition coefficient (Wildman–Crippen LogP) is 2.43. The first-order valence-electron chi connectivity index (χ1n) is 7.78. The number of rotatable bonds is 8. The second-order valence-corrected chi connectivity index (χ2v) is 6.50. The molecular formula is C17H18Cl2N3O4+. The van der Waals surface area contributed by atoms with Gasteiger partial charge in [-0.25, -0.2) is 0 Å². The number of nitrogens with one attached hydrogen (secondary N) is 2. The van der Waals surface area contributed by atoms with E-state index in [1.807, 2.05) is 7.05 Å². The Morgan fingerprint density at radius 3 is 2.54 bits per heavy atom. The normalized spacial score (nSPS) is 11.7. The zero-order valence-corrected chi connectivity index (χ0v) is 15.5. The number of nitrogens with zero attached hydrogens (tertiary/aromatic N) is 1. The molecule has 0 heterocycles. The number of benzene rings is 2. The van der Waals surface area contributed by atoms with Gasteiger partial charge in [0.05, 0.1) is 22.7 Å². The lowest BCUT2D eigenvalue weighted by molar-refractivity contribution is -0.871. The SMILES string of the molecule is C[NH+](CCOc1ccc(Cl)cc1)CC(=O)Nc1ccc([N+](=O)[O-])cc1Cl. The summed E-state index contributed by atoms with van der Waals surface area (Å²) in [5.41, 5.74) is 0.211. The molecule has 2 rings (SSSR count). The van der Waals surface area contributed by atoms with Gasteiger partial charge in [0, 0.05) is 17.2 Å². The zero-order valence-electron chi connectivity index (χ0n) is 14.0. The minimum absolute atomic E-state index is 0.122. The lowest BCUT2D eigenvalue weighted by Gasteiger charge is -2.15. The molecule has 2 aromatic carbocycles. The summed E-state index contributed by atoms with van der Waals surface area (Å²) in [7, 11) is 1.86. The van der Waals surface area contributed by atoms with Crippen molar-refractivity contribution in [2.75, 3.05) is 32.1 Å². The summed E-state index contributed by atoms with van der Waals surface area (Å²) in [5, 5.41) is 14.1. The Bertz CT molecular complexity index is 784. The molecule has 9 heteroatoms. The van der Waals surface area contributed by atoms with Gasteiger partial charge in [0.1, 0.15) is 18.9 Å². The fraction of sp³-hybridized carbons (Fsp3) is 0.235. The van der Waals surface area contributed by atoms with Gasteiger partial charge in [-0.3, -0.25) is 14.9 Å². The summed E-state index contributed by atoms with van der Waals surface area (Å²) >= 11 is 11.8. The average Bonchev–Trinajstić information content (AvgIpc) is 2.58. The van der Waals surface area contributed by atoms with Crippen LogP contribution in [-0.4, -0.2) is 37.6 Å². The van der Waals surface area contributed by atoms with E-state index < -0.39 is 4.92 Å². The molecule has 26 heavy (non-hydrogen) atoms. The van der Waals surface area contributed by atoms with Crippen LogP contribution >= 0.6 is 23.2 Å². The molecule has 1 unspecified atom stereocenters. The number of carbonyl (C=O) groups excluding carboxylic acids is 1. The number of non-ortho nitro benzene ring substituents is 1. The van der Waals surface area contributed by atoms with Gasteiger partial charge in [-0.05, 0) is 30.3 Å². The first-order valence-corrected chi connectivity index (χ1v) is 8.54. The highest BCUT2D eigenvalue weighted by Gasteiger charge is 2.14. The lowest BCUT2D eigenvalue weighted by Crippen LogP contribution is -3.10. The number of ether oxygens (including phenoxy) is 1. The van der Waals surface area contributed by atoms with Crippen molar-refractivity contribution < 1.29 is 19.4 Å². The van der Waals surface area contributed by atoms with Crippen LogP contribution in [0.2, 0.25) is 10.0 Å². The van der Waals surface area contributed by atoms with Gasteiger partial charge in [-0.15, -0.1) is 0 Å². The molecular weight excluding hydrogens is 381 g/mol. The van der Waals surface area contributed by atoms with Crippen molar-refractivity contribution in [3.8, 4) is 5.75 Å². The molecule has 138 valence electrons. The minimum Gasteiger partial charge on any atom is -0.488 e. The van der Waals surface area contributed by atoms with Crippen LogP contribution in [0, 0.1) is 10.1 Å². The molecule has 2 N–H and O–H groups in total. The number of halogens is 2. The van der Waals surface area contributed by atoms with Crippen molar-refractivity contribution in [2.45, 2.75) is 0 Å². The van der Waals surface area contributed by atoms with Crippen molar-refractivity contribution in [1.29, 1.82) is 0 Å². The highest BCUT2D eigenvalue weighted by molar-refractivity contribution is 6.34. The van der Waals surface area contributed by atoms with E-state index in [-0.39, 0.29) is 23.2 Å². The van der Waals surface area contributed by atoms with E-state index in [0.717, 1.165) is 4.90 Å². The highest BCUT2D eigenvalue weighted by atomic mass is 35.5. The van der Waals surface area contributed by atoms with Crippen molar-refractivity contribution in [3.05, 3.63) is 62.6 Å². The molecule has 0 saturated carbocycles. The van der Waals surface area contributed by atoms with Crippen LogP contribution in [0.5, 0.6) is 5.75 Å². The topological polar surface area (TPSA) is 85.9 Å². The van der Waals surface area contributed by atoms with E-state index in [2.05, 4.69) is 5.32 Å². The van der Waals surface area contributed by atoms with E-state index in [9.17, 15) is 14.9 Å². The summed E-state index contributed by atoms with van der Waals surface area (Å²) in [5.74, 6) is 0.467. The van der Waals surface area contributed by atoms with E-state index in [4.69, 9.17) is 27.9 Å². The molecule has 0 aliphatic heterocycles. The van der Waals surface area contributed by atoms with Crippen LogP contribution in [-0.2, 0) is 4.79 Å². The Morgan fingerprint density at radius 2 is 1.92 bits per heavy atom. The van der Waals surface area contributed by atoms with Crippen LogP contribution in [0.4, 0.5) is 11.4 Å². The average molecular weight is 399 g/mol. The fourth-order valence-electron chi connectivity index (χ4n) is 2.15. The van der Waals surface area contributed by atoms with Gasteiger partial charge in [-0.1, -0.05) is 23.2 Å². The molecule has 0 bridgehead atoms. The Hall–Kier alpha value is -2.35. The lowest BCUT2D eigenvalue weighted by atomic mass is 10.3. The number of nitro benzene ring substituents is 1. The second-order valence-electron chi connectivity index (χ2n) is 5.66. The highest BCUT2D eigenvalue weighted by Crippen LogP contribution is 2.26. The number of likely N-dealkylation sites (N-methyl/N-ethyl adjacent to an activating group) is 1. The number of amides is 1. The summed E-state index contributed by atoms with van der Waals surface area (Å²) < 4.78 is 5.59. The van der Waals surface area contributed by atoms with Crippen molar-refractivity contribution in [2.24, 2.45) is 0 Å². The van der Waals surface area contributed by atoms with Crippen molar-refractivity contribution >= 4 is 40.5 Å². The number of carbonyl (C=O) groups is 1. The maximum Gasteiger partial charge on any atom is 0.279 e. The first kappa shape index (κ1) is 20.0. The maximum absolute atomic E-state index is 12.1. The van der Waals surface area contributed by atoms with Gasteiger partial charge in [0.25, 0.3) is 11.6 Å².